The van der Waals surface area contributed by atoms with Gasteiger partial charge < -0.3 is 18.9 Å². The van der Waals surface area contributed by atoms with Crippen LogP contribution in [-0.4, -0.2) is 73.7 Å². The first-order chi connectivity index (χ1) is 68.4. The lowest BCUT2D eigenvalue weighted by Gasteiger charge is -2.18. The summed E-state index contributed by atoms with van der Waals surface area (Å²) in [4.78, 5) is 105. The van der Waals surface area contributed by atoms with Gasteiger partial charge in [0.1, 0.15) is 23.0 Å². The monoisotopic (exact) mass is 1860 g/mol. The maximum atomic E-state index is 14.4. The van der Waals surface area contributed by atoms with Gasteiger partial charge in [-0.15, -0.1) is 0 Å². The molecule has 142 heavy (non-hydrogen) atoms. The second-order valence-corrected chi connectivity index (χ2v) is 39.3. The maximum Gasteiger partial charge on any atom is 0.345 e. The van der Waals surface area contributed by atoms with Crippen LogP contribution in [0.5, 0.6) is 23.0 Å². The van der Waals surface area contributed by atoms with E-state index in [0.29, 0.717) is 45.3 Å². The summed E-state index contributed by atoms with van der Waals surface area (Å²) < 4.78 is 25.0. The molecule has 19 aromatic rings. The molecule has 0 saturated carbocycles. The molecule has 18 heteroatoms. The standard InChI is InChI=1S/C124H100N10O8/c1-121(2,3)113-65-81(48-52-125-113)77-22-17-26-85(56-77)109-44-38-93(73-131-109)117(135)139-99-61-97(62-100(69-99)140-118(136)94-39-45-110(132-74-94)86-27-18-23-78(57-86)82-49-53-126-114(66-82)122(4,5)6)105-34-15-13-32-103(105)91-36-42-107(129-71-91)89-30-21-31-90(60-89)108-43-37-92(72-130-108)104-33-14-16-35-106(104)98-63-101(141-119(137)95-40-46-111(133-75-95)87-28-19-24-79(58-87)83-50-54-127-115(67-83)123(7,8)9)70-102(64-98)142-120(138)96-41-47-112(134-76-96)88-29-20-25-80(59-88)84-51-55-128-116(68-84)124(10,11)12/h13-76H,1-12H3. The highest BCUT2D eigenvalue weighted by atomic mass is 16.6. The Morgan fingerprint density at radius 3 is 0.592 bits per heavy atom. The number of pyridine rings is 10. The molecule has 10 heterocycles. The zero-order valence-electron chi connectivity index (χ0n) is 80.7. The molecule has 0 bridgehead atoms. The lowest BCUT2D eigenvalue weighted by Crippen LogP contribution is -2.13. The molecular formula is C124H100N10O8. The Hall–Kier alpha value is -17.6. The van der Waals surface area contributed by atoms with Gasteiger partial charge in [-0.05, 0) is 242 Å². The largest absolute Gasteiger partial charge is 0.423 e. The first-order valence-electron chi connectivity index (χ1n) is 47.0. The van der Waals surface area contributed by atoms with Crippen LogP contribution in [0.15, 0.2) is 390 Å². The summed E-state index contributed by atoms with van der Waals surface area (Å²) in [6.45, 7) is 25.7. The van der Waals surface area contributed by atoms with Crippen molar-refractivity contribution in [2.75, 3.05) is 0 Å². The Balaban J connectivity index is 0.582. The molecule has 0 amide bonds. The predicted molar refractivity (Wildman–Crippen MR) is 561 cm³/mol. The minimum atomic E-state index is -0.677. The molecule has 694 valence electrons. The average molecular weight is 1860 g/mol. The van der Waals surface area contributed by atoms with Crippen molar-refractivity contribution in [3.63, 3.8) is 0 Å². The van der Waals surface area contributed by atoms with Gasteiger partial charge in [-0.25, -0.2) is 19.2 Å². The van der Waals surface area contributed by atoms with E-state index >= 15 is 0 Å². The Kier molecular flexibility index (Phi) is 25.9. The number of carbonyl (C=O) groups excluding carboxylic acids is 4. The first-order valence-corrected chi connectivity index (χ1v) is 47.0. The molecular weight excluding hydrogens is 1760 g/mol. The van der Waals surface area contributed by atoms with Crippen molar-refractivity contribution in [1.29, 1.82) is 0 Å². The molecule has 0 fully saturated rings. The lowest BCUT2D eigenvalue weighted by molar-refractivity contribution is 0.0713. The zero-order chi connectivity index (χ0) is 98.6. The van der Waals surface area contributed by atoms with Crippen LogP contribution in [0.2, 0.25) is 0 Å². The van der Waals surface area contributed by atoms with Crippen LogP contribution in [0, 0.1) is 0 Å². The minimum Gasteiger partial charge on any atom is -0.423 e. The number of nitrogens with zero attached hydrogens (tertiary/aromatic N) is 10. The Morgan fingerprint density at radius 2 is 0.380 bits per heavy atom. The van der Waals surface area contributed by atoms with E-state index in [1.54, 1.807) is 72.8 Å². The number of carbonyl (C=O) groups is 4. The number of rotatable bonds is 22. The third kappa shape index (κ3) is 21.4. The van der Waals surface area contributed by atoms with E-state index in [9.17, 15) is 19.2 Å². The molecule has 0 aliphatic heterocycles. The summed E-state index contributed by atoms with van der Waals surface area (Å²) in [7, 11) is 0. The summed E-state index contributed by atoms with van der Waals surface area (Å²) in [6, 6.07) is 104. The second kappa shape index (κ2) is 39.5. The number of esters is 4. The normalized spacial score (nSPS) is 11.6. The number of benzene rings is 9. The molecule has 0 aliphatic rings. The average Bonchev–Trinajstić information content (AvgIpc) is 0.795. The summed E-state index contributed by atoms with van der Waals surface area (Å²) in [5, 5.41) is 0. The van der Waals surface area contributed by atoms with Gasteiger partial charge in [0.2, 0.25) is 0 Å². The van der Waals surface area contributed by atoms with Crippen molar-refractivity contribution >= 4 is 23.9 Å². The topological polar surface area (TPSA) is 234 Å². The Morgan fingerprint density at radius 1 is 0.176 bits per heavy atom. The third-order valence-electron chi connectivity index (χ3n) is 24.8. The van der Waals surface area contributed by atoms with Crippen molar-refractivity contribution in [3.8, 4) is 180 Å². The molecule has 0 radical (unpaired) electrons. The molecule has 0 aliphatic carbocycles. The van der Waals surface area contributed by atoms with E-state index in [0.717, 1.165) is 134 Å². The Bertz CT molecular complexity index is 7180. The van der Waals surface area contributed by atoms with Gasteiger partial charge in [0.25, 0.3) is 0 Å². The van der Waals surface area contributed by atoms with Crippen molar-refractivity contribution < 1.29 is 38.1 Å². The highest BCUT2D eigenvalue weighted by Crippen LogP contribution is 2.43. The van der Waals surface area contributed by atoms with E-state index in [-0.39, 0.29) is 66.9 Å². The first kappa shape index (κ1) is 93.4. The van der Waals surface area contributed by atoms with Gasteiger partial charge in [0, 0.05) is 163 Å². The van der Waals surface area contributed by atoms with E-state index in [1.165, 1.54) is 36.9 Å². The highest BCUT2D eigenvalue weighted by Gasteiger charge is 2.26. The van der Waals surface area contributed by atoms with Gasteiger partial charge in [0.15, 0.2) is 0 Å². The van der Waals surface area contributed by atoms with Crippen LogP contribution in [-0.2, 0) is 21.7 Å². The van der Waals surface area contributed by atoms with Gasteiger partial charge >= 0.3 is 23.9 Å². The molecule has 0 spiro atoms. The minimum absolute atomic E-state index is 0.113. The van der Waals surface area contributed by atoms with Crippen LogP contribution in [0.1, 0.15) is 147 Å². The summed E-state index contributed by atoms with van der Waals surface area (Å²) in [5.41, 5.74) is 27.3. The number of ether oxygens (including phenoxy) is 4. The molecule has 0 N–H and O–H groups in total. The Labute approximate surface area is 825 Å². The van der Waals surface area contributed by atoms with E-state index < -0.39 is 23.9 Å². The quantitative estimate of drug-likeness (QED) is 0.0453. The SMILES string of the molecule is CC(C)(C)c1cc(-c2cccc(-c3ccc(C(=O)Oc4cc(OC(=O)c5ccc(-c6cccc(-c7ccnc(C(C)(C)C)c7)c6)nc5)cc(-c5ccccc5-c5ccc(-c6cccc(-c7ccc(-c8ccccc8-c8cc(OC(=O)c9ccc(-c%10cccc(-c%11ccnc(C(C)(C)C)c%11)c%10)nc9)cc(OC(=O)c9ccc(-c%10cccc(-c%11ccnc(C(C)(C)C)c%11)c%10)nc9)c8)cn7)c6)nc5)c4)cn3)c2)ccn1. The van der Waals surface area contributed by atoms with E-state index in [4.69, 9.17) is 48.9 Å². The molecule has 10 aromatic heterocycles. The van der Waals surface area contributed by atoms with Gasteiger partial charge in [0.05, 0.1) is 56.4 Å². The van der Waals surface area contributed by atoms with Gasteiger partial charge in [-0.3, -0.25) is 49.8 Å². The van der Waals surface area contributed by atoms with E-state index in [1.807, 2.05) is 207 Å². The smallest absolute Gasteiger partial charge is 0.345 e. The zero-order valence-corrected chi connectivity index (χ0v) is 80.7. The summed E-state index contributed by atoms with van der Waals surface area (Å²) in [5.74, 6) is -2.25. The van der Waals surface area contributed by atoms with Gasteiger partial charge in [-0.1, -0.05) is 235 Å². The highest BCUT2D eigenvalue weighted by molar-refractivity contribution is 5.96. The second-order valence-electron chi connectivity index (χ2n) is 39.3. The van der Waals surface area contributed by atoms with Crippen molar-refractivity contribution in [3.05, 3.63) is 435 Å². The summed E-state index contributed by atoms with van der Waals surface area (Å²) >= 11 is 0. The van der Waals surface area contributed by atoms with Crippen LogP contribution in [0.3, 0.4) is 0 Å². The van der Waals surface area contributed by atoms with Crippen LogP contribution in [0.25, 0.3) is 157 Å². The molecule has 0 unspecified atom stereocenters. The van der Waals surface area contributed by atoms with Crippen LogP contribution < -0.4 is 18.9 Å². The van der Waals surface area contributed by atoms with Crippen LogP contribution in [0.4, 0.5) is 0 Å². The summed E-state index contributed by atoms with van der Waals surface area (Å²) in [6.07, 6.45) is 17.0. The fraction of sp³-hybridized carbons (Fsp3) is 0.129. The lowest BCUT2D eigenvalue weighted by atomic mass is 9.90. The molecule has 19 rings (SSSR count). The number of aromatic nitrogens is 10. The number of hydrogen-bond donors (Lipinski definition) is 0. The molecule has 0 atom stereocenters. The predicted octanol–water partition coefficient (Wildman–Crippen LogP) is 29.0. The van der Waals surface area contributed by atoms with E-state index in [2.05, 4.69) is 176 Å². The van der Waals surface area contributed by atoms with Crippen molar-refractivity contribution in [1.82, 2.24) is 49.8 Å². The molecule has 9 aromatic carbocycles. The fourth-order valence-electron chi connectivity index (χ4n) is 16.9. The number of hydrogen-bond acceptors (Lipinski definition) is 18. The maximum absolute atomic E-state index is 14.4. The van der Waals surface area contributed by atoms with Crippen molar-refractivity contribution in [2.45, 2.75) is 105 Å². The van der Waals surface area contributed by atoms with Crippen LogP contribution >= 0.6 is 0 Å². The fourth-order valence-corrected chi connectivity index (χ4v) is 16.9. The molecule has 0 saturated heterocycles. The third-order valence-corrected chi connectivity index (χ3v) is 24.8. The van der Waals surface area contributed by atoms with Crippen molar-refractivity contribution in [2.24, 2.45) is 0 Å². The van der Waals surface area contributed by atoms with Gasteiger partial charge in [-0.2, -0.15) is 0 Å². The molecule has 18 nitrogen and oxygen atoms in total.